The van der Waals surface area contributed by atoms with Gasteiger partial charge < -0.3 is 14.8 Å². The van der Waals surface area contributed by atoms with Gasteiger partial charge in [0, 0.05) is 11.3 Å². The normalized spacial score (nSPS) is 15.7. The van der Waals surface area contributed by atoms with E-state index in [0.29, 0.717) is 11.5 Å². The summed E-state index contributed by atoms with van der Waals surface area (Å²) in [7, 11) is 0. The molecule has 0 saturated heterocycles. The minimum absolute atomic E-state index is 0.216. The molecular weight excluding hydrogens is 258 g/mol. The second-order valence-corrected chi connectivity index (χ2v) is 4.96. The summed E-state index contributed by atoms with van der Waals surface area (Å²) in [5.74, 6) is 0.255. The number of aliphatic hydroxyl groups excluding tert-OH is 1. The second kappa shape index (κ2) is 5.50. The molecule has 1 amide bonds. The Kier molecular flexibility index (Phi) is 3.56. The van der Waals surface area contributed by atoms with Gasteiger partial charge in [-0.05, 0) is 37.8 Å². The van der Waals surface area contributed by atoms with Gasteiger partial charge in [0.25, 0.3) is 5.91 Å². The van der Waals surface area contributed by atoms with Crippen LogP contribution in [0.1, 0.15) is 46.4 Å². The van der Waals surface area contributed by atoms with E-state index < -0.39 is 6.04 Å². The summed E-state index contributed by atoms with van der Waals surface area (Å²) < 4.78 is 5.21. The van der Waals surface area contributed by atoms with Crippen molar-refractivity contribution in [3.8, 4) is 0 Å². The molecule has 0 saturated carbocycles. The summed E-state index contributed by atoms with van der Waals surface area (Å²) in [6.07, 6.45) is 5.53. The summed E-state index contributed by atoms with van der Waals surface area (Å²) in [5, 5.41) is 19.2. The number of H-pyrrole nitrogens is 1. The summed E-state index contributed by atoms with van der Waals surface area (Å²) >= 11 is 0. The van der Waals surface area contributed by atoms with Crippen LogP contribution in [0.15, 0.2) is 22.8 Å². The number of aliphatic hydroxyl groups is 1. The molecular formula is C14H17N3O3. The average Bonchev–Trinajstić information content (AvgIpc) is 3.13. The van der Waals surface area contributed by atoms with Crippen LogP contribution in [0.5, 0.6) is 0 Å². The van der Waals surface area contributed by atoms with Crippen LogP contribution in [0.2, 0.25) is 0 Å². The third-order valence-electron chi connectivity index (χ3n) is 3.65. The molecule has 3 rings (SSSR count). The zero-order valence-electron chi connectivity index (χ0n) is 11.1. The predicted octanol–water partition coefficient (Wildman–Crippen LogP) is 1.34. The molecule has 0 aliphatic heterocycles. The number of amides is 1. The molecule has 1 unspecified atom stereocenters. The van der Waals surface area contributed by atoms with E-state index in [-0.39, 0.29) is 12.5 Å². The monoisotopic (exact) mass is 275 g/mol. The molecule has 6 nitrogen and oxygen atoms in total. The van der Waals surface area contributed by atoms with Gasteiger partial charge in [0.1, 0.15) is 11.8 Å². The molecule has 0 bridgehead atoms. The van der Waals surface area contributed by atoms with Crippen LogP contribution in [0, 0.1) is 0 Å². The van der Waals surface area contributed by atoms with Crippen LogP contribution in [-0.2, 0) is 12.8 Å². The second-order valence-electron chi connectivity index (χ2n) is 4.96. The average molecular weight is 275 g/mol. The lowest BCUT2D eigenvalue weighted by molar-refractivity contribution is 0.0901. The summed E-state index contributed by atoms with van der Waals surface area (Å²) in [6.45, 7) is -0.216. The smallest absolute Gasteiger partial charge is 0.272 e. The molecule has 0 aromatic carbocycles. The molecule has 1 atom stereocenters. The Bertz CT molecular complexity index is 589. The number of aromatic nitrogens is 2. The fourth-order valence-electron chi connectivity index (χ4n) is 2.59. The largest absolute Gasteiger partial charge is 0.467 e. The Hall–Kier alpha value is -2.08. The lowest BCUT2D eigenvalue weighted by atomic mass is 9.95. The molecule has 1 aliphatic rings. The first kappa shape index (κ1) is 12.9. The summed E-state index contributed by atoms with van der Waals surface area (Å²) in [6, 6.07) is 2.90. The predicted molar refractivity (Wildman–Crippen MR) is 71.2 cm³/mol. The first-order chi connectivity index (χ1) is 9.79. The number of hydrogen-bond acceptors (Lipinski definition) is 4. The van der Waals surface area contributed by atoms with E-state index in [9.17, 15) is 9.90 Å². The third kappa shape index (κ3) is 2.34. The van der Waals surface area contributed by atoms with Gasteiger partial charge in [-0.2, -0.15) is 5.10 Å². The zero-order chi connectivity index (χ0) is 13.9. The highest BCUT2D eigenvalue weighted by atomic mass is 16.3. The molecule has 6 heteroatoms. The number of fused-ring (bicyclic) bond motifs is 1. The highest BCUT2D eigenvalue weighted by Gasteiger charge is 2.24. The molecule has 0 fully saturated rings. The maximum absolute atomic E-state index is 12.3. The van der Waals surface area contributed by atoms with Crippen LogP contribution in [0.4, 0.5) is 0 Å². The Labute approximate surface area is 116 Å². The highest BCUT2D eigenvalue weighted by Crippen LogP contribution is 2.22. The molecule has 2 aromatic rings. The maximum Gasteiger partial charge on any atom is 0.272 e. The van der Waals surface area contributed by atoms with Crippen molar-refractivity contribution in [1.29, 1.82) is 0 Å². The van der Waals surface area contributed by atoms with Crippen LogP contribution >= 0.6 is 0 Å². The van der Waals surface area contributed by atoms with Gasteiger partial charge in [-0.3, -0.25) is 9.89 Å². The van der Waals surface area contributed by atoms with E-state index in [1.165, 1.54) is 6.26 Å². The fourth-order valence-corrected chi connectivity index (χ4v) is 2.59. The van der Waals surface area contributed by atoms with Gasteiger partial charge in [0.15, 0.2) is 5.69 Å². The number of carbonyl (C=O) groups is 1. The van der Waals surface area contributed by atoms with Crippen molar-refractivity contribution in [3.63, 3.8) is 0 Å². The Balaban J connectivity index is 1.77. The van der Waals surface area contributed by atoms with Crippen LogP contribution in [-0.4, -0.2) is 27.8 Å². The number of nitrogens with one attached hydrogen (secondary N) is 2. The van der Waals surface area contributed by atoms with Gasteiger partial charge in [-0.25, -0.2) is 0 Å². The van der Waals surface area contributed by atoms with Gasteiger partial charge in [-0.15, -0.1) is 0 Å². The standard InChI is InChI=1S/C14H17N3O3/c18-8-11(12-6-3-7-20-12)15-14(19)13-9-4-1-2-5-10(9)16-17-13/h3,6-7,11,18H,1-2,4-5,8H2,(H,15,19)(H,16,17). The van der Waals surface area contributed by atoms with Crippen molar-refractivity contribution in [3.05, 3.63) is 41.1 Å². The topological polar surface area (TPSA) is 91.2 Å². The van der Waals surface area contributed by atoms with E-state index in [4.69, 9.17) is 4.42 Å². The molecule has 0 spiro atoms. The van der Waals surface area contributed by atoms with E-state index in [0.717, 1.165) is 36.9 Å². The van der Waals surface area contributed by atoms with Crippen molar-refractivity contribution in [2.45, 2.75) is 31.7 Å². The zero-order valence-corrected chi connectivity index (χ0v) is 11.1. The number of aryl methyl sites for hydroxylation is 1. The molecule has 20 heavy (non-hydrogen) atoms. The lowest BCUT2D eigenvalue weighted by Gasteiger charge is -2.15. The SMILES string of the molecule is O=C(NC(CO)c1ccco1)c1n[nH]c2c1CCCC2. The fraction of sp³-hybridized carbons (Fsp3) is 0.429. The van der Waals surface area contributed by atoms with Crippen LogP contribution < -0.4 is 5.32 Å². The van der Waals surface area contributed by atoms with Crippen molar-refractivity contribution in [2.24, 2.45) is 0 Å². The Morgan fingerprint density at radius 3 is 3.10 bits per heavy atom. The molecule has 106 valence electrons. The number of carbonyl (C=O) groups excluding carboxylic acids is 1. The highest BCUT2D eigenvalue weighted by molar-refractivity contribution is 5.94. The van der Waals surface area contributed by atoms with Gasteiger partial charge in [0.2, 0.25) is 0 Å². The number of rotatable bonds is 4. The minimum atomic E-state index is -0.548. The summed E-state index contributed by atoms with van der Waals surface area (Å²) in [5.41, 5.74) is 2.49. The molecule has 2 aromatic heterocycles. The first-order valence-electron chi connectivity index (χ1n) is 6.81. The Morgan fingerprint density at radius 2 is 2.35 bits per heavy atom. The van der Waals surface area contributed by atoms with Crippen LogP contribution in [0.25, 0.3) is 0 Å². The number of hydrogen-bond donors (Lipinski definition) is 3. The minimum Gasteiger partial charge on any atom is -0.467 e. The lowest BCUT2D eigenvalue weighted by Crippen LogP contribution is -2.31. The van der Waals surface area contributed by atoms with Gasteiger partial charge >= 0.3 is 0 Å². The molecule has 1 aliphatic carbocycles. The maximum atomic E-state index is 12.3. The van der Waals surface area contributed by atoms with Crippen molar-refractivity contribution in [1.82, 2.24) is 15.5 Å². The van der Waals surface area contributed by atoms with Crippen molar-refractivity contribution < 1.29 is 14.3 Å². The van der Waals surface area contributed by atoms with Crippen molar-refractivity contribution >= 4 is 5.91 Å². The van der Waals surface area contributed by atoms with Crippen LogP contribution in [0.3, 0.4) is 0 Å². The van der Waals surface area contributed by atoms with E-state index in [1.807, 2.05) is 0 Å². The Morgan fingerprint density at radius 1 is 1.50 bits per heavy atom. The molecule has 0 radical (unpaired) electrons. The van der Waals surface area contributed by atoms with Crippen molar-refractivity contribution in [2.75, 3.05) is 6.61 Å². The van der Waals surface area contributed by atoms with E-state index in [2.05, 4.69) is 15.5 Å². The number of nitrogens with zero attached hydrogens (tertiary/aromatic N) is 1. The van der Waals surface area contributed by atoms with Gasteiger partial charge in [0.05, 0.1) is 12.9 Å². The number of furan rings is 1. The quantitative estimate of drug-likeness (QED) is 0.785. The van der Waals surface area contributed by atoms with Gasteiger partial charge in [-0.1, -0.05) is 0 Å². The van der Waals surface area contributed by atoms with E-state index >= 15 is 0 Å². The van der Waals surface area contributed by atoms with E-state index in [1.54, 1.807) is 12.1 Å². The number of aromatic amines is 1. The third-order valence-corrected chi connectivity index (χ3v) is 3.65. The summed E-state index contributed by atoms with van der Waals surface area (Å²) in [4.78, 5) is 12.3. The first-order valence-corrected chi connectivity index (χ1v) is 6.81. The molecule has 3 N–H and O–H groups in total. The molecule has 2 heterocycles.